The largest absolute Gasteiger partial charge is 0.460 e. The summed E-state index contributed by atoms with van der Waals surface area (Å²) < 4.78 is 7.49. The molecule has 1 amide bonds. The Hall–Kier alpha value is -3.91. The molecule has 35 heavy (non-hydrogen) atoms. The molecule has 0 saturated carbocycles. The lowest BCUT2D eigenvalue weighted by Crippen LogP contribution is -2.46. The number of pyridine rings is 1. The first-order chi connectivity index (χ1) is 17.1. The molecule has 4 aromatic rings. The molecule has 0 aliphatic carbocycles. The van der Waals surface area contributed by atoms with Gasteiger partial charge in [0.2, 0.25) is 0 Å². The van der Waals surface area contributed by atoms with Gasteiger partial charge in [-0.15, -0.1) is 0 Å². The molecular formula is C27H30N6O2. The van der Waals surface area contributed by atoms with Gasteiger partial charge >= 0.3 is 0 Å². The van der Waals surface area contributed by atoms with E-state index in [1.165, 1.54) is 0 Å². The molecule has 1 aliphatic heterocycles. The number of rotatable bonds is 7. The Labute approximate surface area is 205 Å². The maximum Gasteiger partial charge on any atom is 0.255 e. The van der Waals surface area contributed by atoms with Crippen LogP contribution < -0.4 is 10.2 Å². The van der Waals surface area contributed by atoms with Crippen LogP contribution in [0.25, 0.3) is 17.1 Å². The first-order valence-corrected chi connectivity index (χ1v) is 12.0. The van der Waals surface area contributed by atoms with E-state index >= 15 is 0 Å². The van der Waals surface area contributed by atoms with E-state index in [-0.39, 0.29) is 5.91 Å². The summed E-state index contributed by atoms with van der Waals surface area (Å²) in [5, 5.41) is 7.67. The normalized spacial score (nSPS) is 14.3. The average Bonchev–Trinajstić information content (AvgIpc) is 3.55. The number of benzene rings is 1. The first kappa shape index (κ1) is 22.9. The lowest BCUT2D eigenvalue weighted by molar-refractivity contribution is 0.0951. The van der Waals surface area contributed by atoms with Gasteiger partial charge < -0.3 is 19.5 Å². The van der Waals surface area contributed by atoms with Gasteiger partial charge in [0.05, 0.1) is 11.3 Å². The monoisotopic (exact) mass is 470 g/mol. The smallest absolute Gasteiger partial charge is 0.255 e. The van der Waals surface area contributed by atoms with Gasteiger partial charge in [-0.3, -0.25) is 4.79 Å². The van der Waals surface area contributed by atoms with Gasteiger partial charge in [-0.05, 0) is 49.4 Å². The van der Waals surface area contributed by atoms with Crippen molar-refractivity contribution in [2.75, 3.05) is 37.6 Å². The van der Waals surface area contributed by atoms with E-state index in [9.17, 15) is 4.79 Å². The van der Waals surface area contributed by atoms with Gasteiger partial charge in [-0.25, -0.2) is 9.67 Å². The number of carbonyl (C=O) groups excluding carboxylic acids is 1. The number of hydrogen-bond donors (Lipinski definition) is 1. The molecule has 1 saturated heterocycles. The molecule has 1 N–H and O–H groups in total. The Kier molecular flexibility index (Phi) is 6.63. The summed E-state index contributed by atoms with van der Waals surface area (Å²) in [6, 6.07) is 17.5. The Bertz CT molecular complexity index is 1270. The summed E-state index contributed by atoms with van der Waals surface area (Å²) in [6.45, 7) is 9.62. The van der Waals surface area contributed by atoms with Crippen molar-refractivity contribution in [1.29, 1.82) is 0 Å². The Balaban J connectivity index is 1.29. The van der Waals surface area contributed by atoms with Crippen LogP contribution in [0.2, 0.25) is 0 Å². The molecule has 8 heteroatoms. The lowest BCUT2D eigenvalue weighted by atomic mass is 10.2. The molecule has 0 unspecified atom stereocenters. The molecule has 0 radical (unpaired) electrons. The van der Waals surface area contributed by atoms with Crippen molar-refractivity contribution in [2.24, 2.45) is 0 Å². The minimum atomic E-state index is -0.212. The second-order valence-electron chi connectivity index (χ2n) is 8.71. The zero-order chi connectivity index (χ0) is 24.2. The average molecular weight is 471 g/mol. The molecule has 0 bridgehead atoms. The third-order valence-corrected chi connectivity index (χ3v) is 6.36. The number of aryl methyl sites for hydroxylation is 1. The molecule has 3 aromatic heterocycles. The predicted molar refractivity (Wildman–Crippen MR) is 136 cm³/mol. The van der Waals surface area contributed by atoms with Gasteiger partial charge in [0.1, 0.15) is 17.3 Å². The van der Waals surface area contributed by atoms with Gasteiger partial charge in [0, 0.05) is 45.1 Å². The van der Waals surface area contributed by atoms with Gasteiger partial charge in [0.25, 0.3) is 5.91 Å². The summed E-state index contributed by atoms with van der Waals surface area (Å²) in [6.07, 6.45) is 3.58. The van der Waals surface area contributed by atoms with Crippen molar-refractivity contribution in [1.82, 2.24) is 25.0 Å². The van der Waals surface area contributed by atoms with Crippen molar-refractivity contribution >= 4 is 11.7 Å². The predicted octanol–water partition coefficient (Wildman–Crippen LogP) is 3.91. The van der Waals surface area contributed by atoms with Gasteiger partial charge in [-0.1, -0.05) is 31.2 Å². The Morgan fingerprint density at radius 3 is 2.49 bits per heavy atom. The number of nitrogens with zero attached hydrogens (tertiary/aromatic N) is 5. The maximum atomic E-state index is 13.2. The number of anilines is 1. The van der Waals surface area contributed by atoms with E-state index in [4.69, 9.17) is 4.42 Å². The zero-order valence-corrected chi connectivity index (χ0v) is 20.1. The summed E-state index contributed by atoms with van der Waals surface area (Å²) in [7, 11) is 0. The quantitative estimate of drug-likeness (QED) is 0.441. The van der Waals surface area contributed by atoms with Gasteiger partial charge in [0.15, 0.2) is 5.76 Å². The highest BCUT2D eigenvalue weighted by molar-refractivity contribution is 5.99. The van der Waals surface area contributed by atoms with Crippen LogP contribution in [-0.4, -0.2) is 58.3 Å². The third-order valence-electron chi connectivity index (χ3n) is 6.36. The second-order valence-corrected chi connectivity index (χ2v) is 8.71. The summed E-state index contributed by atoms with van der Waals surface area (Å²) in [5.41, 5.74) is 2.79. The number of aromatic nitrogens is 3. The number of likely N-dealkylation sites (N-methyl/N-ethyl adjacent to an activating group) is 1. The molecule has 8 nitrogen and oxygen atoms in total. The number of furan rings is 1. The molecule has 1 fully saturated rings. The van der Waals surface area contributed by atoms with E-state index in [0.29, 0.717) is 23.6 Å². The lowest BCUT2D eigenvalue weighted by Gasteiger charge is -2.34. The molecule has 5 rings (SSSR count). The molecule has 0 spiro atoms. The van der Waals surface area contributed by atoms with E-state index in [1.807, 2.05) is 67.7 Å². The molecule has 1 aromatic carbocycles. The topological polar surface area (TPSA) is 79.4 Å². The van der Waals surface area contributed by atoms with Crippen LogP contribution in [0.1, 0.15) is 28.6 Å². The highest BCUT2D eigenvalue weighted by Gasteiger charge is 2.21. The number of piperazine rings is 1. The van der Waals surface area contributed by atoms with Crippen molar-refractivity contribution in [2.45, 2.75) is 20.4 Å². The van der Waals surface area contributed by atoms with Crippen molar-refractivity contribution in [3.05, 3.63) is 83.9 Å². The van der Waals surface area contributed by atoms with Crippen molar-refractivity contribution in [3.63, 3.8) is 0 Å². The zero-order valence-electron chi connectivity index (χ0n) is 20.1. The fourth-order valence-electron chi connectivity index (χ4n) is 4.28. The van der Waals surface area contributed by atoms with Gasteiger partial charge in [-0.2, -0.15) is 5.10 Å². The van der Waals surface area contributed by atoms with E-state index in [1.54, 1.807) is 10.9 Å². The van der Waals surface area contributed by atoms with Crippen LogP contribution in [0.5, 0.6) is 0 Å². The van der Waals surface area contributed by atoms with Crippen LogP contribution in [0.15, 0.2) is 71.4 Å². The van der Waals surface area contributed by atoms with E-state index in [0.717, 1.165) is 55.6 Å². The first-order valence-electron chi connectivity index (χ1n) is 12.0. The van der Waals surface area contributed by atoms with Crippen molar-refractivity contribution < 1.29 is 9.21 Å². The highest BCUT2D eigenvalue weighted by atomic mass is 16.3. The van der Waals surface area contributed by atoms with E-state index < -0.39 is 0 Å². The third kappa shape index (κ3) is 5.12. The summed E-state index contributed by atoms with van der Waals surface area (Å²) in [5.74, 6) is 2.10. The van der Waals surface area contributed by atoms with Crippen LogP contribution in [0.4, 0.5) is 5.82 Å². The van der Waals surface area contributed by atoms with Crippen LogP contribution in [-0.2, 0) is 6.54 Å². The summed E-state index contributed by atoms with van der Waals surface area (Å²) in [4.78, 5) is 22.6. The molecular weight excluding hydrogens is 440 g/mol. The van der Waals surface area contributed by atoms with Crippen molar-refractivity contribution in [3.8, 4) is 17.1 Å². The summed E-state index contributed by atoms with van der Waals surface area (Å²) >= 11 is 0. The Morgan fingerprint density at radius 2 is 1.83 bits per heavy atom. The second kappa shape index (κ2) is 10.1. The standard InChI is InChI=1S/C27H30N6O2/c1-3-31-13-15-32(16-14-31)25-12-10-21(17-28-25)18-29-27(34)23-19-33(22-7-5-4-6-8-22)30-26(23)24-11-9-20(2)35-24/h4-12,17,19H,3,13-16,18H2,1-2H3,(H,29,34). The molecule has 1 aliphatic rings. The minimum absolute atomic E-state index is 0.212. The molecule has 4 heterocycles. The SMILES string of the molecule is CCN1CCN(c2ccc(CNC(=O)c3cn(-c4ccccc4)nc3-c3ccc(C)o3)cn2)CC1. The fourth-order valence-corrected chi connectivity index (χ4v) is 4.28. The van der Waals surface area contributed by atoms with Crippen LogP contribution in [0, 0.1) is 6.92 Å². The maximum absolute atomic E-state index is 13.2. The van der Waals surface area contributed by atoms with Crippen LogP contribution in [0.3, 0.4) is 0 Å². The molecule has 0 atom stereocenters. The fraction of sp³-hybridized carbons (Fsp3) is 0.296. The number of hydrogen-bond acceptors (Lipinski definition) is 6. The number of nitrogens with one attached hydrogen (secondary N) is 1. The highest BCUT2D eigenvalue weighted by Crippen LogP contribution is 2.26. The van der Waals surface area contributed by atoms with Crippen LogP contribution >= 0.6 is 0 Å². The number of amides is 1. The Morgan fingerprint density at radius 1 is 1.03 bits per heavy atom. The number of para-hydroxylation sites is 1. The molecule has 180 valence electrons. The minimum Gasteiger partial charge on any atom is -0.460 e. The van der Waals surface area contributed by atoms with E-state index in [2.05, 4.69) is 32.1 Å². The number of carbonyl (C=O) groups is 1.